The predicted molar refractivity (Wildman–Crippen MR) is 77.6 cm³/mol. The van der Waals surface area contributed by atoms with Gasteiger partial charge in [-0.2, -0.15) is 0 Å². The van der Waals surface area contributed by atoms with E-state index in [1.54, 1.807) is 0 Å². The summed E-state index contributed by atoms with van der Waals surface area (Å²) in [5.74, 6) is 0.923. The quantitative estimate of drug-likeness (QED) is 0.850. The molecule has 3 heterocycles. The summed E-state index contributed by atoms with van der Waals surface area (Å²) in [5, 5.41) is 6.10. The zero-order chi connectivity index (χ0) is 13.9. The van der Waals surface area contributed by atoms with E-state index in [4.69, 9.17) is 0 Å². The molecule has 2 aliphatic rings. The maximum Gasteiger partial charge on any atom is 0.317 e. The van der Waals surface area contributed by atoms with E-state index in [0.717, 1.165) is 45.1 Å². The number of nitrogens with zero attached hydrogens (tertiary/aromatic N) is 3. The zero-order valence-corrected chi connectivity index (χ0v) is 11.8. The van der Waals surface area contributed by atoms with Crippen LogP contribution in [0.5, 0.6) is 0 Å². The minimum absolute atomic E-state index is 0.0892. The number of hydrogen-bond acceptors (Lipinski definition) is 4. The molecular weight excluding hydrogens is 254 g/mol. The summed E-state index contributed by atoms with van der Waals surface area (Å²) < 4.78 is 0. The maximum absolute atomic E-state index is 11.6. The lowest BCUT2D eigenvalue weighted by atomic mass is 10.1. The molecule has 2 saturated heterocycles. The van der Waals surface area contributed by atoms with E-state index in [0.29, 0.717) is 6.04 Å². The number of carbonyl (C=O) groups excluding carboxylic acids is 1. The molecule has 1 aromatic rings. The first-order chi connectivity index (χ1) is 9.76. The van der Waals surface area contributed by atoms with Gasteiger partial charge in [-0.1, -0.05) is 6.07 Å². The molecule has 2 amide bonds. The Kier molecular flexibility index (Phi) is 3.73. The molecule has 6 nitrogen and oxygen atoms in total. The van der Waals surface area contributed by atoms with Crippen LogP contribution in [0.25, 0.3) is 0 Å². The first kappa shape index (κ1) is 13.2. The van der Waals surface area contributed by atoms with Crippen LogP contribution < -0.4 is 10.6 Å². The number of piperazine rings is 1. The van der Waals surface area contributed by atoms with Crippen LogP contribution in [0.4, 0.5) is 10.6 Å². The van der Waals surface area contributed by atoms with E-state index in [-0.39, 0.29) is 6.03 Å². The molecule has 0 radical (unpaired) electrons. The van der Waals surface area contributed by atoms with Gasteiger partial charge in [0.2, 0.25) is 0 Å². The van der Waals surface area contributed by atoms with Crippen LogP contribution >= 0.6 is 0 Å². The minimum Gasteiger partial charge on any atom is -0.370 e. The molecule has 0 spiro atoms. The van der Waals surface area contributed by atoms with Gasteiger partial charge in [0.15, 0.2) is 0 Å². The van der Waals surface area contributed by atoms with Crippen molar-refractivity contribution < 1.29 is 4.79 Å². The fourth-order valence-corrected chi connectivity index (χ4v) is 2.87. The molecule has 3 rings (SSSR count). The van der Waals surface area contributed by atoms with Crippen molar-refractivity contribution in [2.75, 3.05) is 38.0 Å². The number of amides is 2. The third kappa shape index (κ3) is 2.70. The fraction of sp³-hybridized carbons (Fsp3) is 0.571. The van der Waals surface area contributed by atoms with E-state index in [1.807, 2.05) is 17.2 Å². The SMILES string of the molecule is CCNc1ccc(CN2CCN3C(=O)NCC3C2)cn1. The molecule has 0 saturated carbocycles. The van der Waals surface area contributed by atoms with Crippen molar-refractivity contribution >= 4 is 11.8 Å². The van der Waals surface area contributed by atoms with Crippen LogP contribution in [-0.2, 0) is 6.54 Å². The molecule has 0 aliphatic carbocycles. The average molecular weight is 275 g/mol. The second-order valence-electron chi connectivity index (χ2n) is 5.35. The maximum atomic E-state index is 11.6. The first-order valence-corrected chi connectivity index (χ1v) is 7.22. The van der Waals surface area contributed by atoms with E-state index in [2.05, 4.69) is 33.5 Å². The largest absolute Gasteiger partial charge is 0.370 e. The number of aromatic nitrogens is 1. The number of carbonyl (C=O) groups is 1. The van der Waals surface area contributed by atoms with Crippen molar-refractivity contribution in [1.29, 1.82) is 0 Å². The molecule has 20 heavy (non-hydrogen) atoms. The lowest BCUT2D eigenvalue weighted by Crippen LogP contribution is -2.51. The number of anilines is 1. The Hall–Kier alpha value is -1.82. The number of hydrogen-bond donors (Lipinski definition) is 2. The van der Waals surface area contributed by atoms with Gasteiger partial charge in [0.25, 0.3) is 0 Å². The van der Waals surface area contributed by atoms with Crippen LogP contribution in [0, 0.1) is 0 Å². The Morgan fingerprint density at radius 2 is 2.35 bits per heavy atom. The molecule has 1 aromatic heterocycles. The van der Waals surface area contributed by atoms with Crippen LogP contribution in [-0.4, -0.2) is 59.6 Å². The molecule has 2 aliphatic heterocycles. The second-order valence-corrected chi connectivity index (χ2v) is 5.35. The van der Waals surface area contributed by atoms with E-state index >= 15 is 0 Å². The number of nitrogens with one attached hydrogen (secondary N) is 2. The predicted octanol–water partition coefficient (Wildman–Crippen LogP) is 0.723. The summed E-state index contributed by atoms with van der Waals surface area (Å²) in [6, 6.07) is 4.56. The van der Waals surface area contributed by atoms with Crippen molar-refractivity contribution in [3.8, 4) is 0 Å². The van der Waals surface area contributed by atoms with Crippen LogP contribution in [0.3, 0.4) is 0 Å². The fourth-order valence-electron chi connectivity index (χ4n) is 2.87. The average Bonchev–Trinajstić information content (AvgIpc) is 2.83. The normalized spacial score (nSPS) is 22.6. The monoisotopic (exact) mass is 275 g/mol. The van der Waals surface area contributed by atoms with Crippen molar-refractivity contribution in [3.05, 3.63) is 23.9 Å². The number of urea groups is 1. The lowest BCUT2D eigenvalue weighted by Gasteiger charge is -2.36. The minimum atomic E-state index is 0.0892. The summed E-state index contributed by atoms with van der Waals surface area (Å²) >= 11 is 0. The van der Waals surface area contributed by atoms with Gasteiger partial charge in [-0.3, -0.25) is 4.90 Å². The first-order valence-electron chi connectivity index (χ1n) is 7.22. The van der Waals surface area contributed by atoms with E-state index in [9.17, 15) is 4.79 Å². The standard InChI is InChI=1S/C14H21N5O/c1-2-15-13-4-3-11(7-16-13)9-18-5-6-19-12(10-18)8-17-14(19)20/h3-4,7,12H,2,5-6,8-10H2,1H3,(H,15,16)(H,17,20). The molecule has 0 aromatic carbocycles. The van der Waals surface area contributed by atoms with Crippen LogP contribution in [0.15, 0.2) is 18.3 Å². The van der Waals surface area contributed by atoms with Gasteiger partial charge in [-0.25, -0.2) is 9.78 Å². The molecule has 108 valence electrons. The number of fused-ring (bicyclic) bond motifs is 1. The third-order valence-electron chi connectivity index (χ3n) is 3.91. The second kappa shape index (κ2) is 5.66. The van der Waals surface area contributed by atoms with Gasteiger partial charge < -0.3 is 15.5 Å². The van der Waals surface area contributed by atoms with Gasteiger partial charge in [-0.15, -0.1) is 0 Å². The Balaban J connectivity index is 1.57. The molecule has 6 heteroatoms. The molecule has 1 atom stereocenters. The summed E-state index contributed by atoms with van der Waals surface area (Å²) in [5.41, 5.74) is 1.22. The van der Waals surface area contributed by atoms with Crippen molar-refractivity contribution in [1.82, 2.24) is 20.1 Å². The highest BCUT2D eigenvalue weighted by atomic mass is 16.2. The van der Waals surface area contributed by atoms with Crippen LogP contribution in [0.2, 0.25) is 0 Å². The van der Waals surface area contributed by atoms with E-state index in [1.165, 1.54) is 5.56 Å². The molecule has 0 bridgehead atoms. The van der Waals surface area contributed by atoms with Gasteiger partial charge in [-0.05, 0) is 18.6 Å². The zero-order valence-electron chi connectivity index (χ0n) is 11.8. The number of pyridine rings is 1. The Bertz CT molecular complexity index is 475. The van der Waals surface area contributed by atoms with Gasteiger partial charge in [0.1, 0.15) is 5.82 Å². The third-order valence-corrected chi connectivity index (χ3v) is 3.91. The highest BCUT2D eigenvalue weighted by Crippen LogP contribution is 2.16. The van der Waals surface area contributed by atoms with Crippen molar-refractivity contribution in [2.24, 2.45) is 0 Å². The number of rotatable bonds is 4. The van der Waals surface area contributed by atoms with Gasteiger partial charge >= 0.3 is 6.03 Å². The Labute approximate surface area is 119 Å². The lowest BCUT2D eigenvalue weighted by molar-refractivity contribution is 0.116. The van der Waals surface area contributed by atoms with Gasteiger partial charge in [0, 0.05) is 45.5 Å². The Morgan fingerprint density at radius 1 is 1.45 bits per heavy atom. The van der Waals surface area contributed by atoms with Gasteiger partial charge in [0.05, 0.1) is 6.04 Å². The van der Waals surface area contributed by atoms with Crippen molar-refractivity contribution in [2.45, 2.75) is 19.5 Å². The summed E-state index contributed by atoms with van der Waals surface area (Å²) in [6.07, 6.45) is 1.93. The molecule has 2 N–H and O–H groups in total. The molecule has 2 fully saturated rings. The van der Waals surface area contributed by atoms with E-state index < -0.39 is 0 Å². The summed E-state index contributed by atoms with van der Waals surface area (Å²) in [4.78, 5) is 20.3. The molecule has 1 unspecified atom stereocenters. The van der Waals surface area contributed by atoms with Crippen molar-refractivity contribution in [3.63, 3.8) is 0 Å². The highest BCUT2D eigenvalue weighted by Gasteiger charge is 2.35. The highest BCUT2D eigenvalue weighted by molar-refractivity contribution is 5.77. The topological polar surface area (TPSA) is 60.5 Å². The summed E-state index contributed by atoms with van der Waals surface area (Å²) in [7, 11) is 0. The summed E-state index contributed by atoms with van der Waals surface area (Å²) in [6.45, 7) is 7.31. The Morgan fingerprint density at radius 3 is 3.10 bits per heavy atom. The smallest absolute Gasteiger partial charge is 0.317 e. The van der Waals surface area contributed by atoms with Crippen LogP contribution in [0.1, 0.15) is 12.5 Å². The molecular formula is C14H21N5O.